The molecule has 5 heteroatoms. The summed E-state index contributed by atoms with van der Waals surface area (Å²) >= 11 is 0. The molecule has 1 aromatic rings. The molecule has 0 aliphatic rings. The summed E-state index contributed by atoms with van der Waals surface area (Å²) in [7, 11) is 1.59. The number of aliphatic hydroxyl groups is 1. The van der Waals surface area contributed by atoms with Gasteiger partial charge >= 0.3 is 0 Å². The lowest BCUT2D eigenvalue weighted by Gasteiger charge is -2.20. The third kappa shape index (κ3) is 5.59. The fourth-order valence-electron chi connectivity index (χ4n) is 1.95. The van der Waals surface area contributed by atoms with Crippen molar-refractivity contribution in [1.29, 1.82) is 0 Å². The van der Waals surface area contributed by atoms with Gasteiger partial charge in [0.15, 0.2) is 0 Å². The van der Waals surface area contributed by atoms with Gasteiger partial charge in [0.1, 0.15) is 5.75 Å². The van der Waals surface area contributed by atoms with Gasteiger partial charge in [0.2, 0.25) is 5.91 Å². The van der Waals surface area contributed by atoms with Gasteiger partial charge in [-0.25, -0.2) is 0 Å². The number of anilines is 1. The van der Waals surface area contributed by atoms with Crippen molar-refractivity contribution < 1.29 is 14.6 Å². The Balaban J connectivity index is 2.46. The van der Waals surface area contributed by atoms with Crippen molar-refractivity contribution in [2.24, 2.45) is 0 Å². The number of carbonyl (C=O) groups excluding carboxylic acids is 1. The minimum Gasteiger partial charge on any atom is -0.497 e. The second kappa shape index (κ2) is 8.55. The van der Waals surface area contributed by atoms with Crippen molar-refractivity contribution in [1.82, 2.24) is 5.32 Å². The molecule has 2 unspecified atom stereocenters. The first-order valence-electron chi connectivity index (χ1n) is 6.89. The molecule has 0 aliphatic heterocycles. The van der Waals surface area contributed by atoms with E-state index in [4.69, 9.17) is 9.84 Å². The highest BCUT2D eigenvalue weighted by atomic mass is 16.5. The fourth-order valence-corrected chi connectivity index (χ4v) is 1.95. The maximum atomic E-state index is 11.9. The van der Waals surface area contributed by atoms with Crippen LogP contribution in [0.3, 0.4) is 0 Å². The Morgan fingerprint density at radius 3 is 2.80 bits per heavy atom. The highest BCUT2D eigenvalue weighted by Gasteiger charge is 2.13. The fraction of sp³-hybridized carbons (Fsp3) is 0.533. The first kappa shape index (κ1) is 16.5. The lowest BCUT2D eigenvalue weighted by molar-refractivity contribution is -0.116. The van der Waals surface area contributed by atoms with Gasteiger partial charge in [-0.3, -0.25) is 4.79 Å². The number of hydrogen-bond acceptors (Lipinski definition) is 4. The van der Waals surface area contributed by atoms with Crippen LogP contribution in [0.25, 0.3) is 0 Å². The molecule has 112 valence electrons. The van der Waals surface area contributed by atoms with Gasteiger partial charge in [0.25, 0.3) is 0 Å². The molecule has 1 amide bonds. The van der Waals surface area contributed by atoms with Crippen molar-refractivity contribution in [2.45, 2.75) is 38.8 Å². The Hall–Kier alpha value is -1.59. The number of methoxy groups -OCH3 is 1. The molecule has 0 saturated carbocycles. The van der Waals surface area contributed by atoms with E-state index < -0.39 is 0 Å². The molecule has 1 aromatic carbocycles. The predicted molar refractivity (Wildman–Crippen MR) is 80.0 cm³/mol. The molecule has 3 N–H and O–H groups in total. The molecule has 20 heavy (non-hydrogen) atoms. The molecule has 0 bridgehead atoms. The highest BCUT2D eigenvalue weighted by molar-refractivity contribution is 5.91. The molecule has 2 atom stereocenters. The SMILES string of the molecule is CCC(CO)NC(C)CC(=O)Nc1cccc(OC)c1. The van der Waals surface area contributed by atoms with Crippen molar-refractivity contribution in [3.05, 3.63) is 24.3 Å². The first-order valence-corrected chi connectivity index (χ1v) is 6.89. The molecule has 0 saturated heterocycles. The number of rotatable bonds is 8. The minimum absolute atomic E-state index is 0.0118. The van der Waals surface area contributed by atoms with Crippen LogP contribution in [0.1, 0.15) is 26.7 Å². The summed E-state index contributed by atoms with van der Waals surface area (Å²) in [5.41, 5.74) is 0.718. The van der Waals surface area contributed by atoms with Crippen LogP contribution < -0.4 is 15.4 Å². The molecule has 0 spiro atoms. The van der Waals surface area contributed by atoms with Gasteiger partial charge in [-0.1, -0.05) is 13.0 Å². The third-order valence-corrected chi connectivity index (χ3v) is 3.08. The molecule has 0 aliphatic carbocycles. The van der Waals surface area contributed by atoms with Crippen LogP contribution >= 0.6 is 0 Å². The molecule has 0 fully saturated rings. The monoisotopic (exact) mass is 280 g/mol. The second-order valence-corrected chi connectivity index (χ2v) is 4.84. The average molecular weight is 280 g/mol. The second-order valence-electron chi connectivity index (χ2n) is 4.84. The van der Waals surface area contributed by atoms with E-state index in [0.29, 0.717) is 12.2 Å². The van der Waals surface area contributed by atoms with Gasteiger partial charge in [0, 0.05) is 30.3 Å². The Morgan fingerprint density at radius 1 is 1.45 bits per heavy atom. The van der Waals surface area contributed by atoms with Crippen molar-refractivity contribution in [2.75, 3.05) is 19.0 Å². The molecule has 0 aromatic heterocycles. The number of nitrogens with one attached hydrogen (secondary N) is 2. The molecular formula is C15H24N2O3. The number of aliphatic hydroxyl groups excluding tert-OH is 1. The van der Waals surface area contributed by atoms with Crippen LogP contribution in [0, 0.1) is 0 Å². The lowest BCUT2D eigenvalue weighted by atomic mass is 10.1. The van der Waals surface area contributed by atoms with Crippen LogP contribution in [0.5, 0.6) is 5.75 Å². The smallest absolute Gasteiger partial charge is 0.225 e. The molecule has 0 radical (unpaired) electrons. The third-order valence-electron chi connectivity index (χ3n) is 3.08. The number of benzene rings is 1. The van der Waals surface area contributed by atoms with Crippen LogP contribution in [0.15, 0.2) is 24.3 Å². The zero-order chi connectivity index (χ0) is 15.0. The standard InChI is InChI=1S/C15H24N2O3/c1-4-12(10-18)16-11(2)8-15(19)17-13-6-5-7-14(9-13)20-3/h5-7,9,11-12,16,18H,4,8,10H2,1-3H3,(H,17,19). The molecule has 0 heterocycles. The van der Waals surface area contributed by atoms with E-state index in [2.05, 4.69) is 10.6 Å². The van der Waals surface area contributed by atoms with Crippen LogP contribution in [0.2, 0.25) is 0 Å². The van der Waals surface area contributed by atoms with Crippen LogP contribution in [0.4, 0.5) is 5.69 Å². The number of carbonyl (C=O) groups is 1. The molecule has 1 rings (SSSR count). The molecule has 5 nitrogen and oxygen atoms in total. The van der Waals surface area contributed by atoms with E-state index >= 15 is 0 Å². The lowest BCUT2D eigenvalue weighted by Crippen LogP contribution is -2.40. The number of amides is 1. The zero-order valence-corrected chi connectivity index (χ0v) is 12.3. The number of hydrogen-bond donors (Lipinski definition) is 3. The summed E-state index contributed by atoms with van der Waals surface area (Å²) in [6, 6.07) is 7.30. The summed E-state index contributed by atoms with van der Waals surface area (Å²) < 4.78 is 5.11. The maximum absolute atomic E-state index is 11.9. The zero-order valence-electron chi connectivity index (χ0n) is 12.3. The largest absolute Gasteiger partial charge is 0.497 e. The predicted octanol–water partition coefficient (Wildman–Crippen LogP) is 1.77. The summed E-state index contributed by atoms with van der Waals surface area (Å²) in [6.07, 6.45) is 1.19. The van der Waals surface area contributed by atoms with Gasteiger partial charge in [-0.2, -0.15) is 0 Å². The Labute approximate surface area is 120 Å². The minimum atomic E-state index is -0.0638. The van der Waals surface area contributed by atoms with E-state index in [1.54, 1.807) is 13.2 Å². The van der Waals surface area contributed by atoms with E-state index in [1.165, 1.54) is 0 Å². The normalized spacial score (nSPS) is 13.6. The summed E-state index contributed by atoms with van der Waals surface area (Å²) in [5.74, 6) is 0.645. The Bertz CT molecular complexity index is 419. The van der Waals surface area contributed by atoms with Gasteiger partial charge in [-0.15, -0.1) is 0 Å². The van der Waals surface area contributed by atoms with Crippen LogP contribution in [-0.2, 0) is 4.79 Å². The van der Waals surface area contributed by atoms with Crippen LogP contribution in [-0.4, -0.2) is 36.8 Å². The van der Waals surface area contributed by atoms with Gasteiger partial charge in [0.05, 0.1) is 13.7 Å². The van der Waals surface area contributed by atoms with Crippen molar-refractivity contribution in [3.8, 4) is 5.75 Å². The first-order chi connectivity index (χ1) is 9.58. The van der Waals surface area contributed by atoms with E-state index in [1.807, 2.05) is 32.0 Å². The maximum Gasteiger partial charge on any atom is 0.225 e. The van der Waals surface area contributed by atoms with E-state index in [-0.39, 0.29) is 24.6 Å². The topological polar surface area (TPSA) is 70.6 Å². The van der Waals surface area contributed by atoms with E-state index in [9.17, 15) is 4.79 Å². The molecular weight excluding hydrogens is 256 g/mol. The Morgan fingerprint density at radius 2 is 2.20 bits per heavy atom. The van der Waals surface area contributed by atoms with E-state index in [0.717, 1.165) is 12.1 Å². The quantitative estimate of drug-likeness (QED) is 0.679. The Kier molecular flexibility index (Phi) is 7.04. The van der Waals surface area contributed by atoms with Gasteiger partial charge in [-0.05, 0) is 25.5 Å². The summed E-state index contributed by atoms with van der Waals surface area (Å²) in [6.45, 7) is 4.01. The average Bonchev–Trinajstić information content (AvgIpc) is 2.44. The van der Waals surface area contributed by atoms with Gasteiger partial charge < -0.3 is 20.5 Å². The number of ether oxygens (including phenoxy) is 1. The van der Waals surface area contributed by atoms with Crippen molar-refractivity contribution >= 4 is 11.6 Å². The summed E-state index contributed by atoms with van der Waals surface area (Å²) in [4.78, 5) is 11.9. The summed E-state index contributed by atoms with van der Waals surface area (Å²) in [5, 5.41) is 15.2. The highest BCUT2D eigenvalue weighted by Crippen LogP contribution is 2.16. The van der Waals surface area contributed by atoms with Crippen molar-refractivity contribution in [3.63, 3.8) is 0 Å².